The number of rotatable bonds is 6. The lowest BCUT2D eigenvalue weighted by molar-refractivity contribution is -0.138. The second-order valence-corrected chi connectivity index (χ2v) is 7.59. The van der Waals surface area contributed by atoms with E-state index in [1.54, 1.807) is 6.07 Å². The normalized spacial score (nSPS) is 12.2. The molecule has 0 atom stereocenters. The Kier molecular flexibility index (Phi) is 6.62. The standard InChI is InChI=1S/C24H18F6N4O/c1-35-10-8-14-11-16(23(25,26)27)5-7-19(14)34-22-17-6-4-15(12-20(17)32-13-33-22)21-18(24(28,29)30)3-2-9-31-21/h2-7,9,11-13H,8,10H2,1H3,(H,32,33,34). The Bertz CT molecular complexity index is 1350. The molecule has 2 aromatic carbocycles. The van der Waals surface area contributed by atoms with Gasteiger partial charge < -0.3 is 10.1 Å². The first-order chi connectivity index (χ1) is 16.6. The molecule has 11 heteroatoms. The third-order valence-corrected chi connectivity index (χ3v) is 5.28. The molecule has 0 saturated heterocycles. The number of methoxy groups -OCH3 is 1. The predicted octanol–water partition coefficient (Wildman–Crippen LogP) is 6.66. The van der Waals surface area contributed by atoms with Crippen molar-refractivity contribution < 1.29 is 31.1 Å². The van der Waals surface area contributed by atoms with Gasteiger partial charge in [0.1, 0.15) is 12.1 Å². The third-order valence-electron chi connectivity index (χ3n) is 5.28. The minimum Gasteiger partial charge on any atom is -0.384 e. The molecule has 0 spiro atoms. The summed E-state index contributed by atoms with van der Waals surface area (Å²) in [5.74, 6) is 0.289. The second-order valence-electron chi connectivity index (χ2n) is 7.59. The van der Waals surface area contributed by atoms with Gasteiger partial charge in [-0.3, -0.25) is 4.98 Å². The Labute approximate surface area is 195 Å². The number of hydrogen-bond donors (Lipinski definition) is 1. The quantitative estimate of drug-likeness (QED) is 0.305. The first kappa shape index (κ1) is 24.4. The number of fused-ring (bicyclic) bond motifs is 1. The van der Waals surface area contributed by atoms with Crippen molar-refractivity contribution >= 4 is 22.4 Å². The van der Waals surface area contributed by atoms with E-state index in [-0.39, 0.29) is 30.1 Å². The van der Waals surface area contributed by atoms with E-state index in [4.69, 9.17) is 4.74 Å². The van der Waals surface area contributed by atoms with Gasteiger partial charge in [-0.05, 0) is 54.4 Å². The van der Waals surface area contributed by atoms with E-state index in [9.17, 15) is 26.3 Å². The Hall–Kier alpha value is -3.73. The van der Waals surface area contributed by atoms with Crippen LogP contribution >= 0.6 is 0 Å². The number of nitrogens with zero attached hydrogens (tertiary/aromatic N) is 3. The maximum Gasteiger partial charge on any atom is 0.418 e. The largest absolute Gasteiger partial charge is 0.418 e. The Balaban J connectivity index is 1.74. The minimum atomic E-state index is -4.59. The first-order valence-electron chi connectivity index (χ1n) is 10.3. The van der Waals surface area contributed by atoms with Crippen molar-refractivity contribution in [3.8, 4) is 11.3 Å². The van der Waals surface area contributed by atoms with Crippen LogP contribution in [0.1, 0.15) is 16.7 Å². The van der Waals surface area contributed by atoms with Crippen LogP contribution < -0.4 is 5.32 Å². The molecule has 1 N–H and O–H groups in total. The van der Waals surface area contributed by atoms with E-state index >= 15 is 0 Å². The van der Waals surface area contributed by atoms with Crippen LogP contribution in [0.5, 0.6) is 0 Å². The molecule has 0 unspecified atom stereocenters. The van der Waals surface area contributed by atoms with Crippen LogP contribution in [0.25, 0.3) is 22.2 Å². The number of anilines is 2. The SMILES string of the molecule is COCCc1cc(C(F)(F)F)ccc1Nc1ncnc2cc(-c3ncccc3C(F)(F)F)ccc12. The maximum absolute atomic E-state index is 13.4. The van der Waals surface area contributed by atoms with Crippen LogP contribution in [0.4, 0.5) is 37.8 Å². The Morgan fingerprint density at radius 3 is 2.40 bits per heavy atom. The first-order valence-corrected chi connectivity index (χ1v) is 10.3. The fourth-order valence-electron chi connectivity index (χ4n) is 3.61. The molecular weight excluding hydrogens is 474 g/mol. The highest BCUT2D eigenvalue weighted by molar-refractivity contribution is 5.93. The van der Waals surface area contributed by atoms with Crippen molar-refractivity contribution in [3.05, 3.63) is 77.7 Å². The van der Waals surface area contributed by atoms with Gasteiger partial charge in [0.2, 0.25) is 0 Å². The van der Waals surface area contributed by atoms with E-state index in [1.165, 1.54) is 43.9 Å². The number of benzene rings is 2. The zero-order valence-corrected chi connectivity index (χ0v) is 18.2. The number of pyridine rings is 1. The highest BCUT2D eigenvalue weighted by Gasteiger charge is 2.34. The van der Waals surface area contributed by atoms with Gasteiger partial charge in [-0.2, -0.15) is 26.3 Å². The van der Waals surface area contributed by atoms with Crippen molar-refractivity contribution in [2.24, 2.45) is 0 Å². The highest BCUT2D eigenvalue weighted by atomic mass is 19.4. The highest BCUT2D eigenvalue weighted by Crippen LogP contribution is 2.37. The van der Waals surface area contributed by atoms with Gasteiger partial charge in [-0.15, -0.1) is 0 Å². The molecule has 0 saturated carbocycles. The fraction of sp³-hybridized carbons (Fsp3) is 0.208. The second kappa shape index (κ2) is 9.49. The molecule has 0 aliphatic carbocycles. The molecule has 4 rings (SSSR count). The predicted molar refractivity (Wildman–Crippen MR) is 118 cm³/mol. The summed E-state index contributed by atoms with van der Waals surface area (Å²) >= 11 is 0. The van der Waals surface area contributed by atoms with Crippen LogP contribution in [-0.4, -0.2) is 28.7 Å². The van der Waals surface area contributed by atoms with E-state index in [1.807, 2.05) is 0 Å². The topological polar surface area (TPSA) is 59.9 Å². The molecule has 2 heterocycles. The molecule has 2 aromatic heterocycles. The number of ether oxygens (including phenoxy) is 1. The summed E-state index contributed by atoms with van der Waals surface area (Å²) in [5, 5.41) is 3.50. The summed E-state index contributed by atoms with van der Waals surface area (Å²) in [6.45, 7) is 0.204. The summed E-state index contributed by atoms with van der Waals surface area (Å²) in [6.07, 6.45) is -6.38. The Morgan fingerprint density at radius 1 is 0.886 bits per heavy atom. The van der Waals surface area contributed by atoms with Gasteiger partial charge in [-0.1, -0.05) is 6.07 Å². The van der Waals surface area contributed by atoms with E-state index < -0.39 is 23.5 Å². The van der Waals surface area contributed by atoms with Gasteiger partial charge in [0.25, 0.3) is 0 Å². The fourth-order valence-corrected chi connectivity index (χ4v) is 3.61. The summed E-state index contributed by atoms with van der Waals surface area (Å²) in [6, 6.07) is 9.93. The summed E-state index contributed by atoms with van der Waals surface area (Å²) in [7, 11) is 1.45. The molecular formula is C24H18F6N4O. The molecule has 5 nitrogen and oxygen atoms in total. The zero-order chi connectivity index (χ0) is 25.2. The monoisotopic (exact) mass is 492 g/mol. The number of aromatic nitrogens is 3. The van der Waals surface area contributed by atoms with Gasteiger partial charge >= 0.3 is 12.4 Å². The summed E-state index contributed by atoms with van der Waals surface area (Å²) in [4.78, 5) is 12.2. The molecule has 0 radical (unpaired) electrons. The van der Waals surface area contributed by atoms with E-state index in [2.05, 4.69) is 20.3 Å². The van der Waals surface area contributed by atoms with E-state index in [0.717, 1.165) is 18.2 Å². The average molecular weight is 492 g/mol. The lowest BCUT2D eigenvalue weighted by atomic mass is 10.0. The number of halogens is 6. The van der Waals surface area contributed by atoms with Crippen LogP contribution in [0, 0.1) is 0 Å². The van der Waals surface area contributed by atoms with Gasteiger partial charge in [0.05, 0.1) is 28.9 Å². The zero-order valence-electron chi connectivity index (χ0n) is 18.2. The van der Waals surface area contributed by atoms with E-state index in [0.29, 0.717) is 22.2 Å². The van der Waals surface area contributed by atoms with Crippen molar-refractivity contribution in [2.45, 2.75) is 18.8 Å². The molecule has 0 amide bonds. The van der Waals surface area contributed by atoms with Crippen LogP contribution in [-0.2, 0) is 23.5 Å². The maximum atomic E-state index is 13.4. The lowest BCUT2D eigenvalue weighted by Crippen LogP contribution is -2.09. The third kappa shape index (κ3) is 5.35. The van der Waals surface area contributed by atoms with Crippen LogP contribution in [0.2, 0.25) is 0 Å². The molecule has 0 aliphatic heterocycles. The molecule has 182 valence electrons. The summed E-state index contributed by atoms with van der Waals surface area (Å²) in [5.41, 5.74) is -0.591. The summed E-state index contributed by atoms with van der Waals surface area (Å²) < 4.78 is 84.9. The molecule has 0 aliphatic rings. The molecule has 0 fully saturated rings. The van der Waals surface area contributed by atoms with Crippen molar-refractivity contribution in [2.75, 3.05) is 19.0 Å². The van der Waals surface area contributed by atoms with Crippen LogP contribution in [0.3, 0.4) is 0 Å². The van der Waals surface area contributed by atoms with Crippen molar-refractivity contribution in [1.82, 2.24) is 15.0 Å². The number of hydrogen-bond acceptors (Lipinski definition) is 5. The molecule has 4 aromatic rings. The smallest absolute Gasteiger partial charge is 0.384 e. The lowest BCUT2D eigenvalue weighted by Gasteiger charge is -2.16. The van der Waals surface area contributed by atoms with Gasteiger partial charge in [0, 0.05) is 29.9 Å². The average Bonchev–Trinajstić information content (AvgIpc) is 2.82. The van der Waals surface area contributed by atoms with Crippen molar-refractivity contribution in [1.29, 1.82) is 0 Å². The van der Waals surface area contributed by atoms with Gasteiger partial charge in [-0.25, -0.2) is 9.97 Å². The number of nitrogens with one attached hydrogen (secondary N) is 1. The minimum absolute atomic E-state index is 0.204. The van der Waals surface area contributed by atoms with Crippen molar-refractivity contribution in [3.63, 3.8) is 0 Å². The Morgan fingerprint density at radius 2 is 1.69 bits per heavy atom. The molecule has 0 bridgehead atoms. The van der Waals surface area contributed by atoms with Gasteiger partial charge in [0.15, 0.2) is 0 Å². The number of alkyl halides is 6. The molecule has 35 heavy (non-hydrogen) atoms. The van der Waals surface area contributed by atoms with Crippen LogP contribution in [0.15, 0.2) is 61.1 Å².